The second-order valence-corrected chi connectivity index (χ2v) is 11.7. The van der Waals surface area contributed by atoms with E-state index in [0.29, 0.717) is 23.2 Å². The minimum Gasteiger partial charge on any atom is -0.459 e. The normalized spacial score (nSPS) is 12.2. The molecule has 0 unspecified atom stereocenters. The zero-order chi connectivity index (χ0) is 31.7. The molecule has 43 heavy (non-hydrogen) atoms. The zero-order valence-corrected chi connectivity index (χ0v) is 25.9. The average Bonchev–Trinajstić information content (AvgIpc) is 3.64. The molecule has 0 bridgehead atoms. The fraction of sp³-hybridized carbons (Fsp3) is 0.484. The number of oxazole rings is 1. The van der Waals surface area contributed by atoms with Crippen LogP contribution in [0.1, 0.15) is 88.8 Å². The van der Waals surface area contributed by atoms with Gasteiger partial charge in [0.2, 0.25) is 17.6 Å². The first-order chi connectivity index (χ1) is 20.3. The van der Waals surface area contributed by atoms with Crippen LogP contribution < -0.4 is 16.0 Å². The molecule has 0 aliphatic rings. The molecular weight excluding hydrogens is 552 g/mol. The van der Waals surface area contributed by atoms with Crippen molar-refractivity contribution in [2.75, 3.05) is 6.54 Å². The first kappa shape index (κ1) is 33.0. The number of benzene rings is 1. The highest BCUT2D eigenvalue weighted by molar-refractivity contribution is 5.97. The van der Waals surface area contributed by atoms with Crippen LogP contribution >= 0.6 is 0 Å². The van der Waals surface area contributed by atoms with E-state index in [1.165, 1.54) is 6.20 Å². The SMILES string of the molecule is CCC(CC)NC(=O)c1cnc(-c2cccc(-c3cc(C(=O)N[C@@H](CC(C)C)C(=O)NCC(=O)OC(C)(C)C)n[nH]3)c2)o1. The molecule has 2 heterocycles. The minimum atomic E-state index is -0.875. The molecule has 232 valence electrons. The summed E-state index contributed by atoms with van der Waals surface area (Å²) in [7, 11) is 0. The number of aromatic nitrogens is 3. The Morgan fingerprint density at radius 1 is 1.00 bits per heavy atom. The Labute approximate surface area is 251 Å². The van der Waals surface area contributed by atoms with Crippen molar-refractivity contribution in [2.24, 2.45) is 5.92 Å². The maximum absolute atomic E-state index is 13.1. The Balaban J connectivity index is 1.69. The third-order valence-electron chi connectivity index (χ3n) is 6.44. The number of rotatable bonds is 13. The van der Waals surface area contributed by atoms with E-state index in [0.717, 1.165) is 12.8 Å². The molecule has 3 amide bonds. The van der Waals surface area contributed by atoms with Gasteiger partial charge in [-0.2, -0.15) is 5.10 Å². The lowest BCUT2D eigenvalue weighted by Crippen LogP contribution is -2.49. The van der Waals surface area contributed by atoms with Crippen LogP contribution in [0.15, 0.2) is 40.9 Å². The molecule has 3 rings (SSSR count). The third-order valence-corrected chi connectivity index (χ3v) is 6.44. The van der Waals surface area contributed by atoms with Crippen molar-refractivity contribution in [3.05, 3.63) is 48.0 Å². The highest BCUT2D eigenvalue weighted by atomic mass is 16.6. The first-order valence-corrected chi connectivity index (χ1v) is 14.5. The summed E-state index contributed by atoms with van der Waals surface area (Å²) in [6.07, 6.45) is 3.39. The number of amides is 3. The largest absolute Gasteiger partial charge is 0.459 e. The van der Waals surface area contributed by atoms with E-state index in [1.807, 2.05) is 33.8 Å². The van der Waals surface area contributed by atoms with Gasteiger partial charge in [0.15, 0.2) is 5.69 Å². The molecule has 0 saturated carbocycles. The molecule has 12 nitrogen and oxygen atoms in total. The van der Waals surface area contributed by atoms with Gasteiger partial charge >= 0.3 is 5.97 Å². The van der Waals surface area contributed by atoms with Gasteiger partial charge in [0.1, 0.15) is 18.2 Å². The summed E-state index contributed by atoms with van der Waals surface area (Å²) in [6.45, 7) is 12.8. The molecular formula is C31H42N6O6. The molecule has 2 aromatic heterocycles. The maximum atomic E-state index is 13.1. The monoisotopic (exact) mass is 594 g/mol. The van der Waals surface area contributed by atoms with Crippen LogP contribution in [0.2, 0.25) is 0 Å². The van der Waals surface area contributed by atoms with Gasteiger partial charge in [-0.05, 0) is 64.2 Å². The Morgan fingerprint density at radius 3 is 2.35 bits per heavy atom. The molecule has 3 aromatic rings. The number of aromatic amines is 1. The summed E-state index contributed by atoms with van der Waals surface area (Å²) < 4.78 is 11.0. The summed E-state index contributed by atoms with van der Waals surface area (Å²) in [5, 5.41) is 15.2. The summed E-state index contributed by atoms with van der Waals surface area (Å²) in [5.74, 6) is -1.42. The van der Waals surface area contributed by atoms with Crippen molar-refractivity contribution in [3.8, 4) is 22.7 Å². The maximum Gasteiger partial charge on any atom is 0.325 e. The van der Waals surface area contributed by atoms with E-state index in [2.05, 4.69) is 31.1 Å². The predicted molar refractivity (Wildman–Crippen MR) is 161 cm³/mol. The van der Waals surface area contributed by atoms with Gasteiger partial charge in [0, 0.05) is 17.2 Å². The molecule has 1 aromatic carbocycles. The topological polar surface area (TPSA) is 168 Å². The smallest absolute Gasteiger partial charge is 0.325 e. The van der Waals surface area contributed by atoms with Crippen LogP contribution in [0.3, 0.4) is 0 Å². The molecule has 0 spiro atoms. The van der Waals surface area contributed by atoms with E-state index >= 15 is 0 Å². The number of carbonyl (C=O) groups excluding carboxylic acids is 4. The molecule has 12 heteroatoms. The predicted octanol–water partition coefficient (Wildman–Crippen LogP) is 4.25. The molecule has 0 aliphatic carbocycles. The van der Waals surface area contributed by atoms with Gasteiger partial charge < -0.3 is 25.1 Å². The van der Waals surface area contributed by atoms with Gasteiger partial charge in [0.25, 0.3) is 11.8 Å². The summed E-state index contributed by atoms with van der Waals surface area (Å²) >= 11 is 0. The van der Waals surface area contributed by atoms with Crippen molar-refractivity contribution in [1.82, 2.24) is 31.1 Å². The van der Waals surface area contributed by atoms with Crippen molar-refractivity contribution < 1.29 is 28.3 Å². The van der Waals surface area contributed by atoms with Crippen LogP contribution in [-0.4, -0.2) is 63.1 Å². The fourth-order valence-corrected chi connectivity index (χ4v) is 4.26. The van der Waals surface area contributed by atoms with Crippen LogP contribution in [0.5, 0.6) is 0 Å². The van der Waals surface area contributed by atoms with Crippen LogP contribution in [0.4, 0.5) is 0 Å². The second kappa shape index (κ2) is 14.6. The molecule has 0 fully saturated rings. The fourth-order valence-electron chi connectivity index (χ4n) is 4.26. The number of hydrogen-bond acceptors (Lipinski definition) is 8. The van der Waals surface area contributed by atoms with Crippen molar-refractivity contribution in [1.29, 1.82) is 0 Å². The lowest BCUT2D eigenvalue weighted by molar-refractivity contribution is -0.154. The minimum absolute atomic E-state index is 0.0587. The number of hydrogen-bond donors (Lipinski definition) is 4. The Bertz CT molecular complexity index is 1420. The van der Waals surface area contributed by atoms with Crippen LogP contribution in [0.25, 0.3) is 22.7 Å². The van der Waals surface area contributed by atoms with Crippen molar-refractivity contribution in [2.45, 2.75) is 85.4 Å². The summed E-state index contributed by atoms with van der Waals surface area (Å²) in [5.41, 5.74) is 1.31. The molecule has 0 saturated heterocycles. The average molecular weight is 595 g/mol. The van der Waals surface area contributed by atoms with Crippen LogP contribution in [0, 0.1) is 5.92 Å². The van der Waals surface area contributed by atoms with Gasteiger partial charge in [-0.25, -0.2) is 4.98 Å². The molecule has 0 radical (unpaired) electrons. The van der Waals surface area contributed by atoms with E-state index in [1.54, 1.807) is 45.0 Å². The number of nitrogens with one attached hydrogen (secondary N) is 4. The number of nitrogens with zero attached hydrogens (tertiary/aromatic N) is 2. The zero-order valence-electron chi connectivity index (χ0n) is 25.9. The van der Waals surface area contributed by atoms with Gasteiger partial charge in [-0.15, -0.1) is 0 Å². The standard InChI is InChI=1S/C31H42N6O6/c1-8-21(9-2)34-29(41)25-16-33-30(42-25)20-12-10-11-19(14-20)22-15-24(37-36-22)28(40)35-23(13-18(3)4)27(39)32-17-26(38)43-31(5,6)7/h10-12,14-16,18,21,23H,8-9,13,17H2,1-7H3,(H,32,39)(H,34,41)(H,35,40)(H,36,37)/t23-/m0/s1. The quantitative estimate of drug-likeness (QED) is 0.213. The lowest BCUT2D eigenvalue weighted by atomic mass is 10.0. The second-order valence-electron chi connectivity index (χ2n) is 11.7. The first-order valence-electron chi connectivity index (χ1n) is 14.5. The lowest BCUT2D eigenvalue weighted by Gasteiger charge is -2.21. The highest BCUT2D eigenvalue weighted by Gasteiger charge is 2.25. The van der Waals surface area contributed by atoms with E-state index in [-0.39, 0.29) is 41.8 Å². The van der Waals surface area contributed by atoms with E-state index < -0.39 is 29.4 Å². The van der Waals surface area contributed by atoms with Gasteiger partial charge in [-0.1, -0.05) is 39.8 Å². The number of esters is 1. The highest BCUT2D eigenvalue weighted by Crippen LogP contribution is 2.26. The molecule has 0 aliphatic heterocycles. The number of carbonyl (C=O) groups is 4. The van der Waals surface area contributed by atoms with Gasteiger partial charge in [0.05, 0.1) is 11.9 Å². The number of H-pyrrole nitrogens is 1. The Hall–Kier alpha value is -4.48. The van der Waals surface area contributed by atoms with Gasteiger partial charge in [-0.3, -0.25) is 24.3 Å². The Morgan fingerprint density at radius 2 is 1.70 bits per heavy atom. The van der Waals surface area contributed by atoms with Crippen molar-refractivity contribution in [3.63, 3.8) is 0 Å². The van der Waals surface area contributed by atoms with Crippen LogP contribution in [-0.2, 0) is 14.3 Å². The summed E-state index contributed by atoms with van der Waals surface area (Å²) in [4.78, 5) is 54.7. The van der Waals surface area contributed by atoms with Crippen molar-refractivity contribution >= 4 is 23.7 Å². The Kier molecular flexibility index (Phi) is 11.2. The van der Waals surface area contributed by atoms with E-state index in [9.17, 15) is 19.2 Å². The molecule has 4 N–H and O–H groups in total. The third kappa shape index (κ3) is 9.79. The van der Waals surface area contributed by atoms with E-state index in [4.69, 9.17) is 9.15 Å². The summed E-state index contributed by atoms with van der Waals surface area (Å²) in [6, 6.07) is 7.98. The molecule has 1 atom stereocenters. The number of ether oxygens (including phenoxy) is 1.